The van der Waals surface area contributed by atoms with Gasteiger partial charge < -0.3 is 20.5 Å². The summed E-state index contributed by atoms with van der Waals surface area (Å²) in [6.45, 7) is 8.82. The van der Waals surface area contributed by atoms with E-state index in [2.05, 4.69) is 25.4 Å². The third-order valence-corrected chi connectivity index (χ3v) is 6.06. The van der Waals surface area contributed by atoms with E-state index in [9.17, 15) is 9.36 Å². The summed E-state index contributed by atoms with van der Waals surface area (Å²) in [4.78, 5) is 24.7. The number of hydrogen-bond donors (Lipinski definition) is 3. The minimum absolute atomic E-state index is 0.00698. The summed E-state index contributed by atoms with van der Waals surface area (Å²) in [5.74, 6) is -2.50. The van der Waals surface area contributed by atoms with Crippen LogP contribution in [0.2, 0.25) is 0 Å². The van der Waals surface area contributed by atoms with Gasteiger partial charge in [0.25, 0.3) is 0 Å². The van der Waals surface area contributed by atoms with Gasteiger partial charge in [0.05, 0.1) is 12.4 Å². The molecule has 1 saturated heterocycles. The molecule has 0 saturated carbocycles. The first-order valence-electron chi connectivity index (χ1n) is 11.2. The van der Waals surface area contributed by atoms with Gasteiger partial charge in [-0.25, -0.2) is 9.37 Å². The zero-order valence-corrected chi connectivity index (χ0v) is 20.8. The van der Waals surface area contributed by atoms with Crippen LogP contribution in [0, 0.1) is 5.92 Å². The molecule has 3 rings (SSSR count). The zero-order chi connectivity index (χ0) is 25.0. The van der Waals surface area contributed by atoms with E-state index in [0.717, 1.165) is 6.42 Å². The number of imidazole rings is 1. The summed E-state index contributed by atoms with van der Waals surface area (Å²) in [5.41, 5.74) is 6.78. The van der Waals surface area contributed by atoms with Gasteiger partial charge in [-0.05, 0) is 31.8 Å². The second kappa shape index (κ2) is 10.9. The summed E-state index contributed by atoms with van der Waals surface area (Å²) < 4.78 is 45.1. The van der Waals surface area contributed by atoms with Crippen molar-refractivity contribution in [3.8, 4) is 0 Å². The molecule has 4 N–H and O–H groups in total. The van der Waals surface area contributed by atoms with Crippen molar-refractivity contribution in [3.05, 3.63) is 6.33 Å². The molecule has 12 nitrogen and oxygen atoms in total. The maximum Gasteiger partial charge on any atom is 0.614 e. The number of alkyl halides is 1. The number of nitrogens with one attached hydrogen (secondary N) is 2. The molecule has 3 heterocycles. The summed E-state index contributed by atoms with van der Waals surface area (Å²) in [5, 5.41) is 5.63. The number of fused-ring (bicyclic) bond motifs is 1. The smallest absolute Gasteiger partial charge is 0.462 e. The molecule has 0 aromatic carbocycles. The molecule has 0 radical (unpaired) electrons. The van der Waals surface area contributed by atoms with Crippen LogP contribution in [0.25, 0.3) is 11.2 Å². The third-order valence-electron chi connectivity index (χ3n) is 5.10. The Balaban J connectivity index is 1.67. The monoisotopic (exact) mass is 500 g/mol. The number of ether oxygens (including phenoxy) is 2. The van der Waals surface area contributed by atoms with E-state index in [-0.39, 0.29) is 24.4 Å². The van der Waals surface area contributed by atoms with Crippen LogP contribution in [0.3, 0.4) is 0 Å². The van der Waals surface area contributed by atoms with E-state index < -0.39 is 38.9 Å². The Morgan fingerprint density at radius 1 is 1.44 bits per heavy atom. The number of anilines is 2. The minimum atomic E-state index is -2.53. The largest absolute Gasteiger partial charge is 0.614 e. The van der Waals surface area contributed by atoms with Gasteiger partial charge in [-0.15, -0.1) is 4.52 Å². The highest BCUT2D eigenvalue weighted by molar-refractivity contribution is 7.36. The lowest BCUT2D eigenvalue weighted by molar-refractivity contribution is -0.172. The molecule has 0 amide bonds. The minimum Gasteiger partial charge on any atom is -0.462 e. The average Bonchev–Trinajstić information content (AvgIpc) is 3.30. The molecule has 1 aliphatic heterocycles. The number of nitrogens with two attached hydrogens (primary N) is 1. The summed E-state index contributed by atoms with van der Waals surface area (Å²) >= 11 is 0. The fourth-order valence-corrected chi connectivity index (χ4v) is 4.42. The SMILES string of the molecule is CCCNc1nc(N)nc2c1ncn2[C@@H]1O[C@](F)(CO[P+](=O)N[C@@H](C)C(=O)OC(C)C)C[C@@H]1C. The summed E-state index contributed by atoms with van der Waals surface area (Å²) in [6, 6.07) is -0.879. The third kappa shape index (κ3) is 6.15. The van der Waals surface area contributed by atoms with Gasteiger partial charge >= 0.3 is 14.1 Å². The van der Waals surface area contributed by atoms with Gasteiger partial charge in [0, 0.05) is 18.9 Å². The Bertz CT molecular complexity index is 1040. The Morgan fingerprint density at radius 2 is 2.18 bits per heavy atom. The Kier molecular flexibility index (Phi) is 8.34. The van der Waals surface area contributed by atoms with Crippen molar-refractivity contribution in [2.24, 2.45) is 5.92 Å². The number of carbonyl (C=O) groups is 1. The van der Waals surface area contributed by atoms with Gasteiger partial charge in [-0.3, -0.25) is 9.36 Å². The first-order valence-corrected chi connectivity index (χ1v) is 12.4. The predicted molar refractivity (Wildman–Crippen MR) is 124 cm³/mol. The van der Waals surface area contributed by atoms with E-state index >= 15 is 4.39 Å². The highest BCUT2D eigenvalue weighted by Crippen LogP contribution is 2.44. The fraction of sp³-hybridized carbons (Fsp3) is 0.700. The fourth-order valence-electron chi connectivity index (χ4n) is 3.61. The average molecular weight is 500 g/mol. The Morgan fingerprint density at radius 3 is 2.85 bits per heavy atom. The predicted octanol–water partition coefficient (Wildman–Crippen LogP) is 3.05. The number of nitrogen functional groups attached to an aromatic ring is 1. The highest BCUT2D eigenvalue weighted by atomic mass is 31.1. The van der Waals surface area contributed by atoms with Crippen LogP contribution in [-0.2, 0) is 23.4 Å². The van der Waals surface area contributed by atoms with Crippen LogP contribution in [0.1, 0.15) is 53.7 Å². The van der Waals surface area contributed by atoms with Crippen molar-refractivity contribution in [1.29, 1.82) is 0 Å². The van der Waals surface area contributed by atoms with Gasteiger partial charge in [0.15, 0.2) is 23.6 Å². The van der Waals surface area contributed by atoms with Crippen molar-refractivity contribution in [2.75, 3.05) is 24.2 Å². The number of esters is 1. The Hall–Kier alpha value is -2.47. The lowest BCUT2D eigenvalue weighted by Crippen LogP contribution is -2.34. The molecular formula is C20H32FN7O5P+. The quantitative estimate of drug-likeness (QED) is 0.308. The normalized spacial score (nSPS) is 23.9. The number of halogens is 1. The van der Waals surface area contributed by atoms with Crippen LogP contribution < -0.4 is 16.1 Å². The highest BCUT2D eigenvalue weighted by Gasteiger charge is 2.49. The Labute approximate surface area is 198 Å². The lowest BCUT2D eigenvalue weighted by Gasteiger charge is -2.19. The topological polar surface area (TPSA) is 156 Å². The number of aromatic nitrogens is 4. The van der Waals surface area contributed by atoms with Gasteiger partial charge in [0.2, 0.25) is 11.8 Å². The number of rotatable bonds is 11. The van der Waals surface area contributed by atoms with Crippen LogP contribution in [0.4, 0.5) is 16.2 Å². The van der Waals surface area contributed by atoms with E-state index in [0.29, 0.717) is 23.5 Å². The van der Waals surface area contributed by atoms with Crippen molar-refractivity contribution in [2.45, 2.75) is 71.7 Å². The standard InChI is InChI=1S/C20H32FN7O5P/c1-6-7-23-15-14-16(26-19(22)25-15)28(10-24-14)17-12(4)8-20(21,33-17)9-31-34(30)27-13(5)18(29)32-11(2)3/h10-13,17H,6-9H2,1-5H3,(H,27,30)(H3,22,23,25,26)/q+1/t12-,13-,17+,20-/m0/s1. The molecule has 188 valence electrons. The maximum absolute atomic E-state index is 15.5. The molecule has 14 heteroatoms. The molecule has 34 heavy (non-hydrogen) atoms. The van der Waals surface area contributed by atoms with Crippen LogP contribution in [0.15, 0.2) is 6.33 Å². The van der Waals surface area contributed by atoms with Crippen LogP contribution in [-0.4, -0.2) is 56.6 Å². The van der Waals surface area contributed by atoms with Crippen molar-refractivity contribution in [1.82, 2.24) is 24.6 Å². The second-order valence-electron chi connectivity index (χ2n) is 8.62. The molecule has 0 bridgehead atoms. The molecule has 1 unspecified atom stereocenters. The number of hydrogen-bond acceptors (Lipinski definition) is 10. The van der Waals surface area contributed by atoms with Gasteiger partial charge in [-0.2, -0.15) is 9.97 Å². The molecule has 0 aliphatic carbocycles. The summed E-state index contributed by atoms with van der Waals surface area (Å²) in [6.07, 6.45) is 1.33. The van der Waals surface area contributed by atoms with Crippen molar-refractivity contribution in [3.63, 3.8) is 0 Å². The molecule has 1 fully saturated rings. The molecule has 0 spiro atoms. The number of carbonyl (C=O) groups excluding carboxylic acids is 1. The number of nitrogens with zero attached hydrogens (tertiary/aromatic N) is 4. The van der Waals surface area contributed by atoms with Gasteiger partial charge in [0.1, 0.15) is 12.3 Å². The van der Waals surface area contributed by atoms with E-state index in [1.165, 1.54) is 13.3 Å². The van der Waals surface area contributed by atoms with Crippen LogP contribution in [0.5, 0.6) is 0 Å². The molecule has 2 aromatic rings. The molecule has 1 aliphatic rings. The molecule has 5 atom stereocenters. The summed E-state index contributed by atoms with van der Waals surface area (Å²) in [7, 11) is -2.53. The first-order chi connectivity index (χ1) is 16.0. The van der Waals surface area contributed by atoms with Gasteiger partial charge in [-0.1, -0.05) is 18.9 Å². The van der Waals surface area contributed by atoms with E-state index in [1.807, 2.05) is 13.8 Å². The van der Waals surface area contributed by atoms with E-state index in [1.54, 1.807) is 18.4 Å². The molecular weight excluding hydrogens is 468 g/mol. The zero-order valence-electron chi connectivity index (χ0n) is 19.9. The van der Waals surface area contributed by atoms with Crippen molar-refractivity contribution >= 4 is 37.1 Å². The second-order valence-corrected chi connectivity index (χ2v) is 9.65. The maximum atomic E-state index is 15.5. The van der Waals surface area contributed by atoms with Crippen molar-refractivity contribution < 1.29 is 27.7 Å². The lowest BCUT2D eigenvalue weighted by atomic mass is 10.1. The van der Waals surface area contributed by atoms with E-state index in [4.69, 9.17) is 19.7 Å². The van der Waals surface area contributed by atoms with Crippen LogP contribution >= 0.6 is 8.18 Å². The first kappa shape index (κ1) is 26.1. The molecule has 2 aromatic heterocycles.